The van der Waals surface area contributed by atoms with Crippen LogP contribution in [-0.4, -0.2) is 52.3 Å². The van der Waals surface area contributed by atoms with Crippen LogP contribution in [-0.2, 0) is 24.8 Å². The first kappa shape index (κ1) is 21.7. The van der Waals surface area contributed by atoms with E-state index < -0.39 is 23.2 Å². The number of methoxy groups -OCH3 is 1. The molecule has 1 unspecified atom stereocenters. The molecular weight excluding hydrogens is 418 g/mol. The molecule has 1 atom stereocenters. The van der Waals surface area contributed by atoms with Gasteiger partial charge in [0.15, 0.2) is 5.75 Å². The Hall–Kier alpha value is -3.50. The van der Waals surface area contributed by atoms with Crippen molar-refractivity contribution in [2.45, 2.75) is 25.9 Å². The van der Waals surface area contributed by atoms with Crippen molar-refractivity contribution in [2.24, 2.45) is 7.05 Å². The fraction of sp³-hybridized carbons (Fsp3) is 0.364. The molecule has 0 spiro atoms. The van der Waals surface area contributed by atoms with E-state index in [1.807, 2.05) is 32.2 Å². The number of hydrogen-bond donors (Lipinski definition) is 4. The average Bonchev–Trinajstić information content (AvgIpc) is 2.93. The number of H-pyrrole nitrogens is 1. The first-order valence-corrected chi connectivity index (χ1v) is 10.2. The summed E-state index contributed by atoms with van der Waals surface area (Å²) in [6.45, 7) is 3.54. The maximum absolute atomic E-state index is 12.4. The van der Waals surface area contributed by atoms with Gasteiger partial charge in [0.1, 0.15) is 5.75 Å². The molecule has 0 saturated carbocycles. The Morgan fingerprint density at radius 1 is 1.38 bits per heavy atom. The normalized spacial score (nSPS) is 13.7. The fourth-order valence-electron chi connectivity index (χ4n) is 4.02. The third-order valence-electron chi connectivity index (χ3n) is 5.61. The predicted molar refractivity (Wildman–Crippen MR) is 117 cm³/mol. The van der Waals surface area contributed by atoms with Gasteiger partial charge in [0.2, 0.25) is 5.75 Å². The minimum atomic E-state index is -1.68. The topological polar surface area (TPSA) is 135 Å². The molecule has 10 nitrogen and oxygen atoms in total. The molecule has 4 rings (SSSR count). The second-order valence-electron chi connectivity index (χ2n) is 7.79. The molecule has 3 heterocycles. The van der Waals surface area contributed by atoms with Crippen molar-refractivity contribution in [3.8, 4) is 28.5 Å². The van der Waals surface area contributed by atoms with Crippen LogP contribution in [0.4, 0.5) is 4.79 Å². The molecule has 0 aliphatic carbocycles. The van der Waals surface area contributed by atoms with Crippen molar-refractivity contribution >= 4 is 17.1 Å². The van der Waals surface area contributed by atoms with E-state index in [0.29, 0.717) is 35.7 Å². The summed E-state index contributed by atoms with van der Waals surface area (Å²) < 4.78 is 17.6. The van der Waals surface area contributed by atoms with E-state index in [4.69, 9.17) is 14.6 Å². The molecule has 4 N–H and O–H groups in total. The van der Waals surface area contributed by atoms with E-state index in [1.165, 1.54) is 0 Å². The smallest absolute Gasteiger partial charge is 0.504 e. The number of pyridine rings is 1. The average molecular weight is 443 g/mol. The van der Waals surface area contributed by atoms with E-state index >= 15 is 0 Å². The van der Waals surface area contributed by atoms with Gasteiger partial charge in [-0.3, -0.25) is 4.79 Å². The first-order chi connectivity index (χ1) is 15.3. The van der Waals surface area contributed by atoms with Crippen LogP contribution in [0.3, 0.4) is 0 Å². The molecular formula is C22H25N3O7. The lowest BCUT2D eigenvalue weighted by molar-refractivity contribution is 0.142. The van der Waals surface area contributed by atoms with Gasteiger partial charge in [-0.25, -0.2) is 4.79 Å². The predicted octanol–water partition coefficient (Wildman–Crippen LogP) is 2.36. The summed E-state index contributed by atoms with van der Waals surface area (Å²) in [7, 11) is 3.64. The highest BCUT2D eigenvalue weighted by atomic mass is 16.7. The molecule has 0 saturated heterocycles. The summed E-state index contributed by atoms with van der Waals surface area (Å²) in [6.07, 6.45) is -1.41. The van der Waals surface area contributed by atoms with Gasteiger partial charge in [-0.15, -0.1) is 0 Å². The van der Waals surface area contributed by atoms with Crippen LogP contribution in [0, 0.1) is 0 Å². The number of ether oxygens (including phenoxy) is 3. The number of nitrogens with one attached hydrogen (secondary N) is 2. The zero-order chi connectivity index (χ0) is 23.0. The highest BCUT2D eigenvalue weighted by Gasteiger charge is 2.26. The summed E-state index contributed by atoms with van der Waals surface area (Å²) in [6, 6.07) is 6.04. The number of benzene rings is 1. The van der Waals surface area contributed by atoms with Crippen molar-refractivity contribution in [1.29, 1.82) is 0 Å². The molecule has 1 aliphatic heterocycles. The minimum absolute atomic E-state index is 0.195. The fourth-order valence-corrected chi connectivity index (χ4v) is 4.02. The number of rotatable bonds is 6. The zero-order valence-electron chi connectivity index (χ0n) is 18.0. The molecule has 0 amide bonds. The van der Waals surface area contributed by atoms with Crippen molar-refractivity contribution in [3.63, 3.8) is 0 Å². The minimum Gasteiger partial charge on any atom is -0.504 e. The van der Waals surface area contributed by atoms with Gasteiger partial charge < -0.3 is 39.3 Å². The third-order valence-corrected chi connectivity index (χ3v) is 5.61. The van der Waals surface area contributed by atoms with Gasteiger partial charge in [0.25, 0.3) is 5.56 Å². The molecule has 32 heavy (non-hydrogen) atoms. The van der Waals surface area contributed by atoms with Crippen LogP contribution < -0.4 is 20.3 Å². The second-order valence-corrected chi connectivity index (χ2v) is 7.79. The zero-order valence-corrected chi connectivity index (χ0v) is 18.0. The lowest BCUT2D eigenvalue weighted by Crippen LogP contribution is -2.30. The second kappa shape index (κ2) is 8.56. The Kier molecular flexibility index (Phi) is 5.81. The van der Waals surface area contributed by atoms with Gasteiger partial charge >= 0.3 is 6.16 Å². The molecule has 170 valence electrons. The van der Waals surface area contributed by atoms with E-state index in [1.54, 1.807) is 7.11 Å². The van der Waals surface area contributed by atoms with E-state index in [9.17, 15) is 14.7 Å². The molecule has 0 fully saturated rings. The first-order valence-electron chi connectivity index (χ1n) is 10.2. The number of aromatic amines is 1. The standard InChI is InChI=1S/C22H25N3O7/c1-11(10-30-3)23-9-13-6-12-7-15-17(8-16(12)25(13)2)31-5-4-14-18(15)24-21(27)20(19(14)26)32-22(28)29/h6-8,11,23H,4-5,9-10H2,1-3H3,(H,28,29)(H2,24,26,27). The number of aromatic nitrogens is 2. The Balaban J connectivity index is 1.79. The van der Waals surface area contributed by atoms with Crippen molar-refractivity contribution < 1.29 is 29.2 Å². The van der Waals surface area contributed by atoms with E-state index in [0.717, 1.165) is 16.6 Å². The van der Waals surface area contributed by atoms with Gasteiger partial charge in [0, 0.05) is 61.4 Å². The number of aromatic hydroxyl groups is 1. The van der Waals surface area contributed by atoms with Gasteiger partial charge in [-0.1, -0.05) is 0 Å². The van der Waals surface area contributed by atoms with Crippen LogP contribution >= 0.6 is 0 Å². The molecule has 3 aromatic rings. The van der Waals surface area contributed by atoms with Crippen molar-refractivity contribution in [2.75, 3.05) is 20.3 Å². The van der Waals surface area contributed by atoms with E-state index in [2.05, 4.69) is 19.6 Å². The quantitative estimate of drug-likeness (QED) is 0.427. The molecule has 1 aromatic carbocycles. The Bertz CT molecular complexity index is 1240. The van der Waals surface area contributed by atoms with Crippen LogP contribution in [0.25, 0.3) is 22.2 Å². The number of nitrogens with zero attached hydrogens (tertiary/aromatic N) is 1. The summed E-state index contributed by atoms with van der Waals surface area (Å²) in [4.78, 5) is 26.0. The monoisotopic (exact) mass is 443 g/mol. The van der Waals surface area contributed by atoms with Crippen LogP contribution in [0.5, 0.6) is 17.2 Å². The molecule has 1 aliphatic rings. The molecule has 0 radical (unpaired) electrons. The van der Waals surface area contributed by atoms with Crippen molar-refractivity contribution in [3.05, 3.63) is 39.8 Å². The summed E-state index contributed by atoms with van der Waals surface area (Å²) in [5.74, 6) is -0.571. The maximum Gasteiger partial charge on any atom is 0.511 e. The lowest BCUT2D eigenvalue weighted by Gasteiger charge is -2.13. The maximum atomic E-state index is 12.4. The number of fused-ring (bicyclic) bond motifs is 4. The van der Waals surface area contributed by atoms with Gasteiger partial charge in [0.05, 0.1) is 24.4 Å². The lowest BCUT2D eigenvalue weighted by atomic mass is 10.0. The number of carboxylic acid groups (broad SMARTS) is 1. The molecule has 2 aromatic heterocycles. The number of hydrogen-bond acceptors (Lipinski definition) is 7. The Morgan fingerprint density at radius 3 is 2.88 bits per heavy atom. The van der Waals surface area contributed by atoms with Crippen molar-refractivity contribution in [1.82, 2.24) is 14.9 Å². The Labute approximate surface area is 183 Å². The highest BCUT2D eigenvalue weighted by Crippen LogP contribution is 2.41. The van der Waals surface area contributed by atoms with Crippen LogP contribution in [0.1, 0.15) is 18.2 Å². The summed E-state index contributed by atoms with van der Waals surface area (Å²) in [5.41, 5.74) is 2.55. The third kappa shape index (κ3) is 3.90. The van der Waals surface area contributed by atoms with Gasteiger partial charge in [-0.2, -0.15) is 0 Å². The highest BCUT2D eigenvalue weighted by molar-refractivity contribution is 5.90. The van der Waals surface area contributed by atoms with Crippen LogP contribution in [0.15, 0.2) is 23.0 Å². The summed E-state index contributed by atoms with van der Waals surface area (Å²) in [5, 5.41) is 23.8. The van der Waals surface area contributed by atoms with E-state index in [-0.39, 0.29) is 19.1 Å². The number of carbonyl (C=O) groups is 1. The van der Waals surface area contributed by atoms with Gasteiger partial charge in [-0.05, 0) is 19.1 Å². The summed E-state index contributed by atoms with van der Waals surface area (Å²) >= 11 is 0. The number of aryl methyl sites for hydroxylation is 1. The van der Waals surface area contributed by atoms with Crippen LogP contribution in [0.2, 0.25) is 0 Å². The Morgan fingerprint density at radius 2 is 2.16 bits per heavy atom. The SMILES string of the molecule is COCC(C)NCc1cc2cc3c(cc2n1C)OCCc1c-3[nH]c(=O)c(OC(=O)O)c1O. The molecule has 10 heteroatoms. The molecule has 0 bridgehead atoms. The largest absolute Gasteiger partial charge is 0.511 e.